The molecule has 0 aliphatic rings. The monoisotopic (exact) mass is 948 g/mol. The molecule has 0 aromatic heterocycles. The summed E-state index contributed by atoms with van der Waals surface area (Å²) >= 11 is 0. The number of quaternary nitrogens is 1. The van der Waals surface area contributed by atoms with E-state index in [1.165, 1.54) is 0 Å². The molecule has 0 bridgehead atoms. The number of phosphoric ester groups is 1. The Morgan fingerprint density at radius 3 is 1.21 bits per heavy atom. The largest absolute Gasteiger partial charge is 0.756 e. The second kappa shape index (κ2) is 48.8. The van der Waals surface area contributed by atoms with Crippen molar-refractivity contribution in [1.82, 2.24) is 0 Å². The lowest BCUT2D eigenvalue weighted by atomic mass is 10.1. The lowest BCUT2D eigenvalue weighted by molar-refractivity contribution is -0.870. The summed E-state index contributed by atoms with van der Waals surface area (Å²) in [5.41, 5.74) is 0. The second-order valence-electron chi connectivity index (χ2n) is 17.4. The van der Waals surface area contributed by atoms with Gasteiger partial charge in [0, 0.05) is 13.0 Å². The van der Waals surface area contributed by atoms with Gasteiger partial charge >= 0.3 is 5.97 Å². The Hall–Kier alpha value is -3.62. The highest BCUT2D eigenvalue weighted by atomic mass is 31.2. The molecule has 2 unspecified atom stereocenters. The quantitative estimate of drug-likeness (QED) is 0.0197. The number of likely N-dealkylation sites (N-methyl/N-ethyl adjacent to an activating group) is 1. The van der Waals surface area contributed by atoms with E-state index in [-0.39, 0.29) is 32.2 Å². The summed E-state index contributed by atoms with van der Waals surface area (Å²) in [6, 6.07) is 0. The average Bonchev–Trinajstić information content (AvgIpc) is 3.29. The van der Waals surface area contributed by atoms with Crippen LogP contribution in [0.5, 0.6) is 0 Å². The molecule has 0 radical (unpaired) electrons. The Morgan fingerprint density at radius 2 is 0.821 bits per heavy atom. The van der Waals surface area contributed by atoms with Crippen LogP contribution in [0.2, 0.25) is 0 Å². The van der Waals surface area contributed by atoms with E-state index in [9.17, 15) is 14.3 Å². The lowest BCUT2D eigenvalue weighted by Gasteiger charge is -2.28. The number of nitrogens with zero attached hydrogens (tertiary/aromatic N) is 1. The Bertz CT molecular complexity index is 1570. The van der Waals surface area contributed by atoms with Crippen molar-refractivity contribution in [1.29, 1.82) is 0 Å². The van der Waals surface area contributed by atoms with E-state index in [1.54, 1.807) is 0 Å². The number of allylic oxidation sites excluding steroid dienone is 24. The van der Waals surface area contributed by atoms with E-state index in [0.29, 0.717) is 24.1 Å². The van der Waals surface area contributed by atoms with Gasteiger partial charge in [0.1, 0.15) is 19.3 Å². The van der Waals surface area contributed by atoms with Gasteiger partial charge in [-0.3, -0.25) is 9.36 Å². The highest BCUT2D eigenvalue weighted by Gasteiger charge is 2.20. The van der Waals surface area contributed by atoms with Gasteiger partial charge in [0.25, 0.3) is 7.82 Å². The van der Waals surface area contributed by atoms with Crippen LogP contribution in [0.3, 0.4) is 0 Å². The summed E-state index contributed by atoms with van der Waals surface area (Å²) in [4.78, 5) is 25.2. The van der Waals surface area contributed by atoms with Gasteiger partial charge in [-0.1, -0.05) is 179 Å². The van der Waals surface area contributed by atoms with Gasteiger partial charge in [-0.15, -0.1) is 0 Å². The molecule has 0 saturated heterocycles. The second-order valence-corrected chi connectivity index (χ2v) is 18.8. The van der Waals surface area contributed by atoms with Crippen LogP contribution in [0, 0.1) is 0 Å². The van der Waals surface area contributed by atoms with E-state index in [1.807, 2.05) is 21.1 Å². The molecule has 0 aliphatic heterocycles. The SMILES string of the molecule is CC/C=C\C/C=C\C/C=C\C/C=C\C/C=C\C/C=C\C/C=C\CCCCCC(=O)OC(COCCCCCC/C=C\C/C=C\C/C=C\C/C=C\C/C=C\CC)COP(=O)([O-])OCC[N+](C)(C)C. The Labute approximate surface area is 410 Å². The Morgan fingerprint density at radius 1 is 0.463 bits per heavy atom. The van der Waals surface area contributed by atoms with E-state index in [0.717, 1.165) is 128 Å². The van der Waals surface area contributed by atoms with E-state index >= 15 is 0 Å². The number of ether oxygens (including phenoxy) is 2. The molecule has 2 atom stereocenters. The van der Waals surface area contributed by atoms with Crippen LogP contribution in [0.1, 0.15) is 155 Å². The van der Waals surface area contributed by atoms with Crippen molar-refractivity contribution < 1.29 is 37.3 Å². The molecule has 0 heterocycles. The number of carbonyl (C=O) groups excluding carboxylic acids is 1. The van der Waals surface area contributed by atoms with Crippen molar-refractivity contribution in [3.63, 3.8) is 0 Å². The first-order valence-electron chi connectivity index (χ1n) is 25.6. The molecule has 0 spiro atoms. The fourth-order valence-electron chi connectivity index (χ4n) is 6.02. The Balaban J connectivity index is 4.34. The predicted octanol–water partition coefficient (Wildman–Crippen LogP) is 15.4. The average molecular weight is 948 g/mol. The van der Waals surface area contributed by atoms with Crippen LogP contribution in [0.25, 0.3) is 0 Å². The summed E-state index contributed by atoms with van der Waals surface area (Å²) in [5.74, 6) is -0.382. The van der Waals surface area contributed by atoms with Gasteiger partial charge in [-0.05, 0) is 116 Å². The van der Waals surface area contributed by atoms with Gasteiger partial charge < -0.3 is 27.9 Å². The molecule has 0 fully saturated rings. The number of rotatable bonds is 45. The molecule has 0 N–H and O–H groups in total. The predicted molar refractivity (Wildman–Crippen MR) is 286 cm³/mol. The van der Waals surface area contributed by atoms with Gasteiger partial charge in [-0.2, -0.15) is 0 Å². The summed E-state index contributed by atoms with van der Waals surface area (Å²) in [7, 11) is 1.29. The van der Waals surface area contributed by atoms with Gasteiger partial charge in [0.05, 0.1) is 34.4 Å². The molecular formula is C58H94NO7P. The summed E-state index contributed by atoms with van der Waals surface area (Å²) in [6.45, 7) is 5.03. The van der Waals surface area contributed by atoms with Crippen LogP contribution < -0.4 is 4.89 Å². The minimum absolute atomic E-state index is 0.00398. The molecule has 9 heteroatoms. The van der Waals surface area contributed by atoms with Crippen molar-refractivity contribution in [2.45, 2.75) is 161 Å². The summed E-state index contributed by atoms with van der Waals surface area (Å²) in [5, 5.41) is 0. The summed E-state index contributed by atoms with van der Waals surface area (Å²) < 4.78 is 34.7. The molecule has 67 heavy (non-hydrogen) atoms. The van der Waals surface area contributed by atoms with Gasteiger partial charge in [-0.25, -0.2) is 0 Å². The molecule has 378 valence electrons. The van der Waals surface area contributed by atoms with Gasteiger partial charge in [0.2, 0.25) is 0 Å². The smallest absolute Gasteiger partial charge is 0.306 e. The van der Waals surface area contributed by atoms with E-state index in [4.69, 9.17) is 18.5 Å². The molecular weight excluding hydrogens is 854 g/mol. The zero-order chi connectivity index (χ0) is 49.0. The van der Waals surface area contributed by atoms with Crippen LogP contribution >= 0.6 is 7.82 Å². The molecule has 0 amide bonds. The Kier molecular flexibility index (Phi) is 46.2. The third-order valence-electron chi connectivity index (χ3n) is 9.89. The first-order valence-corrected chi connectivity index (χ1v) is 27.0. The van der Waals surface area contributed by atoms with Crippen molar-refractivity contribution >= 4 is 13.8 Å². The van der Waals surface area contributed by atoms with Crippen LogP contribution in [0.15, 0.2) is 146 Å². The maximum Gasteiger partial charge on any atom is 0.306 e. The number of hydrogen-bond acceptors (Lipinski definition) is 7. The first-order chi connectivity index (χ1) is 32.6. The molecule has 0 saturated carbocycles. The number of esters is 1. The van der Waals surface area contributed by atoms with Crippen molar-refractivity contribution in [3.05, 3.63) is 146 Å². The highest BCUT2D eigenvalue weighted by Crippen LogP contribution is 2.38. The third-order valence-corrected chi connectivity index (χ3v) is 10.9. The van der Waals surface area contributed by atoms with Crippen molar-refractivity contribution in [2.24, 2.45) is 0 Å². The zero-order valence-electron chi connectivity index (χ0n) is 42.8. The molecule has 0 rings (SSSR count). The fourth-order valence-corrected chi connectivity index (χ4v) is 6.75. The van der Waals surface area contributed by atoms with Crippen LogP contribution in [-0.4, -0.2) is 70.7 Å². The molecule has 0 aromatic carbocycles. The first kappa shape index (κ1) is 63.4. The fraction of sp³-hybridized carbons (Fsp3) is 0.569. The maximum atomic E-state index is 12.7. The molecule has 8 nitrogen and oxygen atoms in total. The number of unbranched alkanes of at least 4 members (excludes halogenated alkanes) is 7. The van der Waals surface area contributed by atoms with Crippen LogP contribution in [-0.2, 0) is 27.9 Å². The summed E-state index contributed by atoms with van der Waals surface area (Å²) in [6.07, 6.45) is 73.0. The molecule has 0 aliphatic carbocycles. The molecule has 0 aromatic rings. The van der Waals surface area contributed by atoms with Crippen LogP contribution in [0.4, 0.5) is 0 Å². The normalized spacial score (nSPS) is 14.8. The minimum atomic E-state index is -4.56. The topological polar surface area (TPSA) is 94.1 Å². The zero-order valence-corrected chi connectivity index (χ0v) is 43.7. The minimum Gasteiger partial charge on any atom is -0.756 e. The lowest BCUT2D eigenvalue weighted by Crippen LogP contribution is -2.37. The van der Waals surface area contributed by atoms with Gasteiger partial charge in [0.15, 0.2) is 0 Å². The number of phosphoric acid groups is 1. The van der Waals surface area contributed by atoms with Crippen molar-refractivity contribution in [3.8, 4) is 0 Å². The third kappa shape index (κ3) is 53.2. The number of carbonyl (C=O) groups is 1. The van der Waals surface area contributed by atoms with Crippen molar-refractivity contribution in [2.75, 3.05) is 54.1 Å². The maximum absolute atomic E-state index is 12.7. The standard InChI is InChI=1S/C58H94NO7P/c1-6-8-10-12-14-16-18-20-22-24-26-28-29-30-31-32-33-35-37-39-41-43-45-47-49-51-58(60)66-57(56-65-67(61,62)64-54-52-59(3,4)5)55-63-53-50-48-46-44-42-40-38-36-34-27-25-23-21-19-17-15-13-11-9-7-2/h8-11,14-17,20-23,26-28,30-31,33-35,38-41,57H,6-7,12-13,18-19,24-25,29,32,36-37,42-56H2,1-5H3/b10-8-,11-9-,16-14-,17-15-,22-20-,23-21-,28-26-,31-30-,34-27-,35-33-,40-38-,41-39-. The van der Waals surface area contributed by atoms with E-state index < -0.39 is 13.9 Å². The highest BCUT2D eigenvalue weighted by molar-refractivity contribution is 7.45. The van der Waals surface area contributed by atoms with E-state index in [2.05, 4.69) is 160 Å². The number of hydrogen-bond donors (Lipinski definition) is 0.